The Labute approximate surface area is 135 Å². The number of hydrogen-bond donors (Lipinski definition) is 1. The van der Waals surface area contributed by atoms with Crippen molar-refractivity contribution in [3.8, 4) is 0 Å². The van der Waals surface area contributed by atoms with Crippen LogP contribution in [0.25, 0.3) is 0 Å². The van der Waals surface area contributed by atoms with E-state index in [0.29, 0.717) is 18.9 Å². The molecule has 1 heterocycles. The monoisotopic (exact) mass is 308 g/mol. The summed E-state index contributed by atoms with van der Waals surface area (Å²) < 4.78 is 5.40. The van der Waals surface area contributed by atoms with Crippen LogP contribution < -0.4 is 5.73 Å². The number of rotatable bonds is 6. The number of hydrogen-bond acceptors (Lipinski definition) is 4. The lowest BCUT2D eigenvalue weighted by atomic mass is 9.65. The molecule has 4 heteroatoms. The van der Waals surface area contributed by atoms with Crippen LogP contribution in [0.5, 0.6) is 0 Å². The van der Waals surface area contributed by atoms with Crippen molar-refractivity contribution in [3.63, 3.8) is 0 Å². The SMILES string of the molecule is CC(C)(C)C(CCOC(=O)C(N)CC1=CN=CC1)C(C)(C)C. The second-order valence-corrected chi connectivity index (χ2v) is 8.37. The zero-order valence-electron chi connectivity index (χ0n) is 15.0. The van der Waals surface area contributed by atoms with Crippen LogP contribution in [-0.2, 0) is 9.53 Å². The molecule has 1 unspecified atom stereocenters. The zero-order chi connectivity index (χ0) is 17.0. The third kappa shape index (κ3) is 5.91. The van der Waals surface area contributed by atoms with E-state index in [1.54, 1.807) is 6.20 Å². The molecule has 0 fully saturated rings. The number of nitrogens with two attached hydrogens (primary N) is 1. The van der Waals surface area contributed by atoms with Gasteiger partial charge in [-0.05, 0) is 35.2 Å². The highest BCUT2D eigenvalue weighted by Crippen LogP contribution is 2.41. The molecule has 0 saturated carbocycles. The molecule has 0 amide bonds. The van der Waals surface area contributed by atoms with Crippen LogP contribution in [0, 0.1) is 16.7 Å². The van der Waals surface area contributed by atoms with Gasteiger partial charge in [0.1, 0.15) is 6.04 Å². The molecule has 1 atom stereocenters. The first kappa shape index (κ1) is 18.9. The van der Waals surface area contributed by atoms with Crippen LogP contribution in [-0.4, -0.2) is 24.8 Å². The van der Waals surface area contributed by atoms with Crippen molar-refractivity contribution in [1.29, 1.82) is 0 Å². The quantitative estimate of drug-likeness (QED) is 0.761. The number of carbonyl (C=O) groups is 1. The van der Waals surface area contributed by atoms with Gasteiger partial charge in [0.05, 0.1) is 6.61 Å². The minimum absolute atomic E-state index is 0.179. The van der Waals surface area contributed by atoms with Gasteiger partial charge in [0.2, 0.25) is 0 Å². The lowest BCUT2D eigenvalue weighted by Crippen LogP contribution is -2.36. The van der Waals surface area contributed by atoms with E-state index in [1.807, 2.05) is 6.21 Å². The maximum absolute atomic E-state index is 12.0. The van der Waals surface area contributed by atoms with Gasteiger partial charge in [0, 0.05) is 18.8 Å². The summed E-state index contributed by atoms with van der Waals surface area (Å²) in [5.74, 6) is 0.157. The second-order valence-electron chi connectivity index (χ2n) is 8.37. The van der Waals surface area contributed by atoms with E-state index < -0.39 is 6.04 Å². The fourth-order valence-electron chi connectivity index (χ4n) is 3.43. The molecule has 0 aromatic carbocycles. The first-order valence-corrected chi connectivity index (χ1v) is 8.13. The molecule has 22 heavy (non-hydrogen) atoms. The van der Waals surface area contributed by atoms with Crippen molar-refractivity contribution < 1.29 is 9.53 Å². The number of aliphatic imine (C=N–C) groups is 1. The number of ether oxygens (including phenoxy) is 1. The third-order valence-corrected chi connectivity index (χ3v) is 4.24. The van der Waals surface area contributed by atoms with Gasteiger partial charge in [-0.1, -0.05) is 41.5 Å². The average molecular weight is 308 g/mol. The van der Waals surface area contributed by atoms with E-state index in [0.717, 1.165) is 18.4 Å². The maximum atomic E-state index is 12.0. The molecular weight excluding hydrogens is 276 g/mol. The Morgan fingerprint density at radius 3 is 2.32 bits per heavy atom. The fraction of sp³-hybridized carbons (Fsp3) is 0.778. The molecule has 0 aromatic heterocycles. The molecule has 4 nitrogen and oxygen atoms in total. The average Bonchev–Trinajstić information content (AvgIpc) is 2.83. The van der Waals surface area contributed by atoms with Gasteiger partial charge in [-0.3, -0.25) is 9.79 Å². The van der Waals surface area contributed by atoms with Crippen molar-refractivity contribution >= 4 is 12.2 Å². The Morgan fingerprint density at radius 2 is 1.86 bits per heavy atom. The Kier molecular flexibility index (Phi) is 6.36. The topological polar surface area (TPSA) is 64.7 Å². The fourth-order valence-corrected chi connectivity index (χ4v) is 3.43. The van der Waals surface area contributed by atoms with Gasteiger partial charge < -0.3 is 10.5 Å². The van der Waals surface area contributed by atoms with E-state index in [-0.39, 0.29) is 16.8 Å². The Morgan fingerprint density at radius 1 is 1.27 bits per heavy atom. The van der Waals surface area contributed by atoms with Crippen molar-refractivity contribution in [1.82, 2.24) is 0 Å². The summed E-state index contributed by atoms with van der Waals surface area (Å²) in [7, 11) is 0. The molecular formula is C18H32N2O2. The number of carbonyl (C=O) groups excluding carboxylic acids is 1. The summed E-state index contributed by atoms with van der Waals surface area (Å²) >= 11 is 0. The van der Waals surface area contributed by atoms with Gasteiger partial charge in [0.25, 0.3) is 0 Å². The number of nitrogens with zero attached hydrogens (tertiary/aromatic N) is 1. The van der Waals surface area contributed by atoms with Crippen LogP contribution in [0.2, 0.25) is 0 Å². The standard InChI is InChI=1S/C18H32N2O2/c1-17(2,3)15(18(4,5)6)8-10-22-16(21)14(19)11-13-7-9-20-12-13/h9,12,14-15H,7-8,10-11,19H2,1-6H3. The van der Waals surface area contributed by atoms with Crippen LogP contribution in [0.1, 0.15) is 60.8 Å². The van der Waals surface area contributed by atoms with Crippen LogP contribution in [0.15, 0.2) is 16.8 Å². The minimum Gasteiger partial charge on any atom is -0.465 e. The van der Waals surface area contributed by atoms with Crippen molar-refractivity contribution in [2.45, 2.75) is 66.8 Å². The van der Waals surface area contributed by atoms with E-state index in [1.165, 1.54) is 0 Å². The normalized spacial score (nSPS) is 16.8. The summed E-state index contributed by atoms with van der Waals surface area (Å²) in [5.41, 5.74) is 7.36. The predicted octanol–water partition coefficient (Wildman–Crippen LogP) is 3.70. The van der Waals surface area contributed by atoms with Gasteiger partial charge >= 0.3 is 5.97 Å². The molecule has 0 radical (unpaired) electrons. The smallest absolute Gasteiger partial charge is 0.323 e. The van der Waals surface area contributed by atoms with Crippen LogP contribution in [0.3, 0.4) is 0 Å². The molecule has 126 valence electrons. The highest BCUT2D eigenvalue weighted by molar-refractivity contribution is 5.76. The van der Waals surface area contributed by atoms with Gasteiger partial charge in [-0.2, -0.15) is 0 Å². The van der Waals surface area contributed by atoms with E-state index in [2.05, 4.69) is 46.5 Å². The maximum Gasteiger partial charge on any atom is 0.323 e. The Hall–Kier alpha value is -1.16. The molecule has 1 rings (SSSR count). The molecule has 1 aliphatic heterocycles. The molecule has 0 bridgehead atoms. The molecule has 0 aromatic rings. The molecule has 0 saturated heterocycles. The predicted molar refractivity (Wildman–Crippen MR) is 91.8 cm³/mol. The summed E-state index contributed by atoms with van der Waals surface area (Å²) in [6, 6.07) is -0.587. The largest absolute Gasteiger partial charge is 0.465 e. The Balaban J connectivity index is 2.42. The van der Waals surface area contributed by atoms with E-state index in [9.17, 15) is 4.79 Å². The van der Waals surface area contributed by atoms with Crippen molar-refractivity contribution in [3.05, 3.63) is 11.8 Å². The lowest BCUT2D eigenvalue weighted by Gasteiger charge is -2.40. The first-order valence-electron chi connectivity index (χ1n) is 8.13. The molecule has 2 N–H and O–H groups in total. The zero-order valence-corrected chi connectivity index (χ0v) is 15.0. The summed E-state index contributed by atoms with van der Waals surface area (Å²) in [5, 5.41) is 0. The molecule has 1 aliphatic rings. The van der Waals surface area contributed by atoms with Crippen molar-refractivity contribution in [2.75, 3.05) is 6.61 Å². The second kappa shape index (κ2) is 7.40. The highest BCUT2D eigenvalue weighted by atomic mass is 16.5. The highest BCUT2D eigenvalue weighted by Gasteiger charge is 2.34. The van der Waals surface area contributed by atoms with Gasteiger partial charge in [-0.15, -0.1) is 0 Å². The number of esters is 1. The first-order chi connectivity index (χ1) is 10.0. The molecule has 0 spiro atoms. The van der Waals surface area contributed by atoms with E-state index in [4.69, 9.17) is 10.5 Å². The Bertz CT molecular complexity index is 425. The van der Waals surface area contributed by atoms with Crippen molar-refractivity contribution in [2.24, 2.45) is 27.5 Å². The molecule has 0 aliphatic carbocycles. The van der Waals surface area contributed by atoms with E-state index >= 15 is 0 Å². The minimum atomic E-state index is -0.587. The van der Waals surface area contributed by atoms with Gasteiger partial charge in [0.15, 0.2) is 0 Å². The third-order valence-electron chi connectivity index (χ3n) is 4.24. The summed E-state index contributed by atoms with van der Waals surface area (Å²) in [4.78, 5) is 16.0. The summed E-state index contributed by atoms with van der Waals surface area (Å²) in [6.07, 6.45) is 5.78. The summed E-state index contributed by atoms with van der Waals surface area (Å²) in [6.45, 7) is 13.9. The van der Waals surface area contributed by atoms with Gasteiger partial charge in [-0.25, -0.2) is 0 Å². The van der Waals surface area contributed by atoms with Crippen LogP contribution in [0.4, 0.5) is 0 Å². The van der Waals surface area contributed by atoms with Crippen LogP contribution >= 0.6 is 0 Å². The lowest BCUT2D eigenvalue weighted by molar-refractivity contribution is -0.146.